The number of rotatable bonds is 3. The Kier molecular flexibility index (Phi) is 5.74. The van der Waals surface area contributed by atoms with Crippen LogP contribution >= 0.6 is 28.3 Å². The molecule has 0 radical (unpaired) electrons. The fourth-order valence-corrected chi connectivity index (χ4v) is 3.14. The monoisotopic (exact) mass is 348 g/mol. The summed E-state index contributed by atoms with van der Waals surface area (Å²) in [5, 5.41) is 10.4. The van der Waals surface area contributed by atoms with Gasteiger partial charge in [0.05, 0.1) is 12.3 Å². The number of carbonyl (C=O) groups excluding carboxylic acids is 1. The molecule has 0 fully saturated rings. The van der Waals surface area contributed by atoms with Crippen LogP contribution < -0.4 is 11.1 Å². The standard InChI is InChI=1S/C11H16N4O2S.BrH/c1-2-17-9(16)6-4-3-5-7-8(6)14-11(18-7)15-10(12)13;/h6H,2-5H2,1H3,(H4,12,13,14,15);1H. The Balaban J connectivity index is 0.00000180. The zero-order chi connectivity index (χ0) is 13.1. The van der Waals surface area contributed by atoms with E-state index in [4.69, 9.17) is 15.9 Å². The highest BCUT2D eigenvalue weighted by atomic mass is 79.9. The van der Waals surface area contributed by atoms with Gasteiger partial charge in [-0.15, -0.1) is 28.3 Å². The minimum atomic E-state index is -0.271. The first-order chi connectivity index (χ1) is 8.61. The number of hydrogen-bond donors (Lipinski definition) is 3. The molecule has 1 heterocycles. The number of aryl methyl sites for hydroxylation is 1. The topological polar surface area (TPSA) is 101 Å². The number of aromatic nitrogens is 1. The van der Waals surface area contributed by atoms with E-state index in [0.717, 1.165) is 29.8 Å². The van der Waals surface area contributed by atoms with Gasteiger partial charge in [0.25, 0.3) is 0 Å². The van der Waals surface area contributed by atoms with Gasteiger partial charge in [0.2, 0.25) is 0 Å². The number of esters is 1. The summed E-state index contributed by atoms with van der Waals surface area (Å²) in [7, 11) is 0. The van der Waals surface area contributed by atoms with Crippen LogP contribution in [0.2, 0.25) is 0 Å². The van der Waals surface area contributed by atoms with E-state index in [1.54, 1.807) is 6.92 Å². The summed E-state index contributed by atoms with van der Waals surface area (Å²) < 4.78 is 5.07. The van der Waals surface area contributed by atoms with E-state index in [2.05, 4.69) is 10.3 Å². The van der Waals surface area contributed by atoms with Gasteiger partial charge in [-0.3, -0.25) is 10.2 Å². The molecule has 0 saturated carbocycles. The van der Waals surface area contributed by atoms with Crippen molar-refractivity contribution in [2.45, 2.75) is 32.1 Å². The van der Waals surface area contributed by atoms with Crippen LogP contribution in [0.4, 0.5) is 5.13 Å². The maximum absolute atomic E-state index is 11.8. The van der Waals surface area contributed by atoms with E-state index >= 15 is 0 Å². The summed E-state index contributed by atoms with van der Waals surface area (Å²) >= 11 is 1.45. The number of nitrogens with one attached hydrogen (secondary N) is 2. The number of halogens is 1. The van der Waals surface area contributed by atoms with Crippen LogP contribution in [0.15, 0.2) is 0 Å². The molecule has 1 aliphatic carbocycles. The molecular formula is C11H17BrN4O2S. The minimum absolute atomic E-state index is 0. The van der Waals surface area contributed by atoms with Gasteiger partial charge in [-0.05, 0) is 26.2 Å². The molecule has 2 rings (SSSR count). The quantitative estimate of drug-likeness (QED) is 0.440. The molecular weight excluding hydrogens is 332 g/mol. The zero-order valence-corrected chi connectivity index (χ0v) is 13.1. The molecule has 1 aromatic rings. The van der Waals surface area contributed by atoms with E-state index in [1.807, 2.05) is 0 Å². The lowest BCUT2D eigenvalue weighted by atomic mass is 9.91. The number of carbonyl (C=O) groups is 1. The van der Waals surface area contributed by atoms with Gasteiger partial charge < -0.3 is 15.8 Å². The Labute approximate surface area is 126 Å². The van der Waals surface area contributed by atoms with Crippen molar-refractivity contribution in [2.75, 3.05) is 11.9 Å². The van der Waals surface area contributed by atoms with Crippen molar-refractivity contribution in [3.05, 3.63) is 10.6 Å². The first-order valence-corrected chi connectivity index (χ1v) is 6.70. The Bertz CT molecular complexity index is 477. The third-order valence-corrected chi connectivity index (χ3v) is 3.81. The van der Waals surface area contributed by atoms with E-state index in [1.165, 1.54) is 11.3 Å². The number of ether oxygens (including phenoxy) is 1. The molecule has 0 saturated heterocycles. The van der Waals surface area contributed by atoms with Crippen molar-refractivity contribution in [2.24, 2.45) is 5.73 Å². The third kappa shape index (κ3) is 3.66. The van der Waals surface area contributed by atoms with Crippen molar-refractivity contribution in [1.82, 2.24) is 4.98 Å². The van der Waals surface area contributed by atoms with Crippen molar-refractivity contribution >= 4 is 45.4 Å². The van der Waals surface area contributed by atoms with Crippen LogP contribution in [0.25, 0.3) is 0 Å². The molecule has 1 aliphatic rings. The normalized spacial score (nSPS) is 17.0. The lowest BCUT2D eigenvalue weighted by Crippen LogP contribution is -2.21. The van der Waals surface area contributed by atoms with E-state index < -0.39 is 0 Å². The predicted molar refractivity (Wildman–Crippen MR) is 80.3 cm³/mol. The Hall–Kier alpha value is -1.15. The average molecular weight is 349 g/mol. The first kappa shape index (κ1) is 15.9. The molecule has 0 bridgehead atoms. The predicted octanol–water partition coefficient (Wildman–Crippen LogP) is 2.01. The summed E-state index contributed by atoms with van der Waals surface area (Å²) in [4.78, 5) is 17.3. The Morgan fingerprint density at radius 2 is 2.42 bits per heavy atom. The lowest BCUT2D eigenvalue weighted by molar-refractivity contribution is -0.145. The van der Waals surface area contributed by atoms with Crippen molar-refractivity contribution < 1.29 is 9.53 Å². The van der Waals surface area contributed by atoms with Gasteiger partial charge in [0, 0.05) is 4.88 Å². The molecule has 19 heavy (non-hydrogen) atoms. The highest BCUT2D eigenvalue weighted by Crippen LogP contribution is 2.37. The maximum Gasteiger partial charge on any atom is 0.315 e. The molecule has 4 N–H and O–H groups in total. The molecule has 106 valence electrons. The van der Waals surface area contributed by atoms with Crippen LogP contribution in [0.3, 0.4) is 0 Å². The summed E-state index contributed by atoms with van der Waals surface area (Å²) in [5.74, 6) is -0.626. The van der Waals surface area contributed by atoms with Gasteiger partial charge >= 0.3 is 5.97 Å². The largest absolute Gasteiger partial charge is 0.465 e. The lowest BCUT2D eigenvalue weighted by Gasteiger charge is -2.18. The number of anilines is 1. The van der Waals surface area contributed by atoms with Crippen molar-refractivity contribution in [3.8, 4) is 0 Å². The van der Waals surface area contributed by atoms with E-state index in [-0.39, 0.29) is 34.8 Å². The highest BCUT2D eigenvalue weighted by molar-refractivity contribution is 8.93. The number of nitrogens with zero attached hydrogens (tertiary/aromatic N) is 1. The van der Waals surface area contributed by atoms with Gasteiger partial charge in [-0.2, -0.15) is 0 Å². The summed E-state index contributed by atoms with van der Waals surface area (Å²) in [6.07, 6.45) is 2.65. The molecule has 6 nitrogen and oxygen atoms in total. The van der Waals surface area contributed by atoms with E-state index in [0.29, 0.717) is 11.7 Å². The van der Waals surface area contributed by atoms with Crippen LogP contribution in [-0.4, -0.2) is 23.5 Å². The second-order valence-electron chi connectivity index (χ2n) is 4.06. The van der Waals surface area contributed by atoms with Gasteiger partial charge in [0.1, 0.15) is 5.92 Å². The fourth-order valence-electron chi connectivity index (χ4n) is 2.06. The van der Waals surface area contributed by atoms with Crippen LogP contribution in [0.5, 0.6) is 0 Å². The number of thiazole rings is 1. The molecule has 1 unspecified atom stereocenters. The Morgan fingerprint density at radius 1 is 1.68 bits per heavy atom. The SMILES string of the molecule is Br.CCOC(=O)C1CCCc2sc(NC(=N)N)nc21. The zero-order valence-electron chi connectivity index (χ0n) is 10.6. The number of fused-ring (bicyclic) bond motifs is 1. The van der Waals surface area contributed by atoms with Crippen molar-refractivity contribution in [1.29, 1.82) is 5.41 Å². The van der Waals surface area contributed by atoms with Crippen LogP contribution in [0, 0.1) is 5.41 Å². The molecule has 1 atom stereocenters. The van der Waals surface area contributed by atoms with Crippen molar-refractivity contribution in [3.63, 3.8) is 0 Å². The number of guanidine groups is 1. The fraction of sp³-hybridized carbons (Fsp3) is 0.545. The number of hydrogen-bond acceptors (Lipinski definition) is 5. The smallest absolute Gasteiger partial charge is 0.315 e. The maximum atomic E-state index is 11.8. The first-order valence-electron chi connectivity index (χ1n) is 5.89. The molecule has 0 aliphatic heterocycles. The number of nitrogens with two attached hydrogens (primary N) is 1. The third-order valence-electron chi connectivity index (χ3n) is 2.77. The summed E-state index contributed by atoms with van der Waals surface area (Å²) in [6.45, 7) is 2.18. The highest BCUT2D eigenvalue weighted by Gasteiger charge is 2.31. The Morgan fingerprint density at radius 3 is 3.05 bits per heavy atom. The molecule has 0 aromatic carbocycles. The van der Waals surface area contributed by atoms with Gasteiger partial charge in [0.15, 0.2) is 11.1 Å². The molecule has 0 spiro atoms. The summed E-state index contributed by atoms with van der Waals surface area (Å²) in [5.41, 5.74) is 6.06. The average Bonchev–Trinajstić information content (AvgIpc) is 2.69. The van der Waals surface area contributed by atoms with E-state index in [9.17, 15) is 4.79 Å². The second kappa shape index (κ2) is 6.85. The van der Waals surface area contributed by atoms with Crippen LogP contribution in [-0.2, 0) is 16.0 Å². The van der Waals surface area contributed by atoms with Crippen LogP contribution in [0.1, 0.15) is 36.3 Å². The summed E-state index contributed by atoms with van der Waals surface area (Å²) in [6, 6.07) is 0. The molecule has 1 aromatic heterocycles. The van der Waals surface area contributed by atoms with Gasteiger partial charge in [-0.25, -0.2) is 4.98 Å². The minimum Gasteiger partial charge on any atom is -0.465 e. The second-order valence-corrected chi connectivity index (χ2v) is 5.15. The molecule has 0 amide bonds. The molecule has 8 heteroatoms. The van der Waals surface area contributed by atoms with Gasteiger partial charge in [-0.1, -0.05) is 0 Å².